The Labute approximate surface area is 146 Å². The molecule has 1 N–H and O–H groups in total. The molecule has 0 aliphatic carbocycles. The smallest absolute Gasteiger partial charge is 0.267 e. The summed E-state index contributed by atoms with van der Waals surface area (Å²) >= 11 is 0. The molecule has 25 heavy (non-hydrogen) atoms. The van der Waals surface area contributed by atoms with E-state index < -0.39 is 0 Å². The quantitative estimate of drug-likeness (QED) is 0.911. The van der Waals surface area contributed by atoms with Crippen LogP contribution in [0.5, 0.6) is 5.75 Å². The largest absolute Gasteiger partial charge is 0.496 e. The van der Waals surface area contributed by atoms with Crippen molar-refractivity contribution in [1.29, 1.82) is 0 Å². The fourth-order valence-corrected chi connectivity index (χ4v) is 2.61. The standard InChI is InChI=1S/C19H19N3O3/c1-25-17-10-6-5-7-14(17)13-20-19(24)16-11-12-18(23)22(21-16)15-8-3-2-4-9-15/h2-10H,11-13H2,1H3,(H,20,24). The van der Waals surface area contributed by atoms with Crippen molar-refractivity contribution in [3.63, 3.8) is 0 Å². The lowest BCUT2D eigenvalue weighted by molar-refractivity contribution is -0.119. The number of methoxy groups -OCH3 is 1. The van der Waals surface area contributed by atoms with E-state index in [9.17, 15) is 9.59 Å². The van der Waals surface area contributed by atoms with Gasteiger partial charge in [-0.15, -0.1) is 0 Å². The topological polar surface area (TPSA) is 71.0 Å². The molecule has 0 spiro atoms. The molecular weight excluding hydrogens is 318 g/mol. The summed E-state index contributed by atoms with van der Waals surface area (Å²) in [5.74, 6) is 0.321. The second-order valence-electron chi connectivity index (χ2n) is 5.58. The van der Waals surface area contributed by atoms with Gasteiger partial charge in [0, 0.05) is 24.9 Å². The average Bonchev–Trinajstić information content (AvgIpc) is 2.67. The van der Waals surface area contributed by atoms with Crippen LogP contribution in [-0.4, -0.2) is 24.6 Å². The number of carbonyl (C=O) groups excluding carboxylic acids is 2. The predicted molar refractivity (Wildman–Crippen MR) is 95.4 cm³/mol. The lowest BCUT2D eigenvalue weighted by atomic mass is 10.1. The van der Waals surface area contributed by atoms with Gasteiger partial charge in [0.1, 0.15) is 11.5 Å². The highest BCUT2D eigenvalue weighted by Crippen LogP contribution is 2.20. The van der Waals surface area contributed by atoms with E-state index in [1.54, 1.807) is 19.2 Å². The zero-order chi connectivity index (χ0) is 17.6. The first-order chi connectivity index (χ1) is 12.2. The van der Waals surface area contributed by atoms with Gasteiger partial charge < -0.3 is 10.1 Å². The lowest BCUT2D eigenvalue weighted by Crippen LogP contribution is -2.38. The number of hydrogen-bond donors (Lipinski definition) is 1. The number of rotatable bonds is 5. The van der Waals surface area contributed by atoms with Gasteiger partial charge in [0.05, 0.1) is 12.8 Å². The molecule has 128 valence electrons. The average molecular weight is 337 g/mol. The van der Waals surface area contributed by atoms with Crippen molar-refractivity contribution in [2.75, 3.05) is 12.1 Å². The van der Waals surface area contributed by atoms with Gasteiger partial charge in [0.25, 0.3) is 5.91 Å². The van der Waals surface area contributed by atoms with Crippen LogP contribution in [0, 0.1) is 0 Å². The third-order valence-electron chi connectivity index (χ3n) is 3.93. The van der Waals surface area contributed by atoms with E-state index in [1.165, 1.54) is 5.01 Å². The summed E-state index contributed by atoms with van der Waals surface area (Å²) in [7, 11) is 1.59. The van der Waals surface area contributed by atoms with Gasteiger partial charge in [-0.2, -0.15) is 5.10 Å². The summed E-state index contributed by atoms with van der Waals surface area (Å²) in [4.78, 5) is 24.5. The van der Waals surface area contributed by atoms with E-state index in [0.29, 0.717) is 24.4 Å². The number of hydrazone groups is 1. The van der Waals surface area contributed by atoms with Crippen LogP contribution in [0.1, 0.15) is 18.4 Å². The molecule has 0 fully saturated rings. The predicted octanol–water partition coefficient (Wildman–Crippen LogP) is 2.49. The summed E-state index contributed by atoms with van der Waals surface area (Å²) < 4.78 is 5.28. The highest BCUT2D eigenvalue weighted by atomic mass is 16.5. The van der Waals surface area contributed by atoms with Gasteiger partial charge in [0.15, 0.2) is 0 Å². The van der Waals surface area contributed by atoms with Crippen molar-refractivity contribution < 1.29 is 14.3 Å². The minimum Gasteiger partial charge on any atom is -0.496 e. The molecule has 2 amide bonds. The van der Waals surface area contributed by atoms with Crippen LogP contribution in [0.2, 0.25) is 0 Å². The van der Waals surface area contributed by atoms with E-state index in [1.807, 2.05) is 42.5 Å². The van der Waals surface area contributed by atoms with Gasteiger partial charge >= 0.3 is 0 Å². The Hall–Kier alpha value is -3.15. The van der Waals surface area contributed by atoms with Gasteiger partial charge in [-0.05, 0) is 18.2 Å². The lowest BCUT2D eigenvalue weighted by Gasteiger charge is -2.23. The molecule has 2 aromatic carbocycles. The van der Waals surface area contributed by atoms with Gasteiger partial charge in [0.2, 0.25) is 5.91 Å². The van der Waals surface area contributed by atoms with Crippen LogP contribution in [0.25, 0.3) is 0 Å². The molecule has 1 aliphatic rings. The minimum absolute atomic E-state index is 0.118. The first-order valence-electron chi connectivity index (χ1n) is 8.04. The maximum atomic E-state index is 12.4. The Balaban J connectivity index is 1.72. The Morgan fingerprint density at radius 2 is 1.84 bits per heavy atom. The number of para-hydroxylation sites is 2. The summed E-state index contributed by atoms with van der Waals surface area (Å²) in [6.07, 6.45) is 0.593. The maximum absolute atomic E-state index is 12.4. The van der Waals surface area contributed by atoms with Crippen molar-refractivity contribution in [3.05, 3.63) is 60.2 Å². The van der Waals surface area contributed by atoms with E-state index in [-0.39, 0.29) is 18.2 Å². The highest BCUT2D eigenvalue weighted by Gasteiger charge is 2.25. The molecule has 0 atom stereocenters. The molecule has 1 heterocycles. The number of carbonyl (C=O) groups is 2. The minimum atomic E-state index is -0.278. The summed E-state index contributed by atoms with van der Waals surface area (Å²) in [5, 5.41) is 8.38. The summed E-state index contributed by atoms with van der Waals surface area (Å²) in [6, 6.07) is 16.6. The first-order valence-corrected chi connectivity index (χ1v) is 8.04. The molecule has 6 nitrogen and oxygen atoms in total. The molecule has 1 aliphatic heterocycles. The molecular formula is C19H19N3O3. The molecule has 0 bridgehead atoms. The van der Waals surface area contributed by atoms with Crippen LogP contribution >= 0.6 is 0 Å². The van der Waals surface area contributed by atoms with Crippen molar-refractivity contribution in [1.82, 2.24) is 5.32 Å². The van der Waals surface area contributed by atoms with Crippen molar-refractivity contribution >= 4 is 23.2 Å². The number of amides is 2. The molecule has 3 rings (SSSR count). The normalized spacial score (nSPS) is 14.0. The number of nitrogens with one attached hydrogen (secondary N) is 1. The zero-order valence-corrected chi connectivity index (χ0v) is 13.9. The van der Waals surface area contributed by atoms with E-state index in [2.05, 4.69) is 10.4 Å². The van der Waals surface area contributed by atoms with Crippen molar-refractivity contribution in [2.24, 2.45) is 5.10 Å². The fourth-order valence-electron chi connectivity index (χ4n) is 2.61. The Morgan fingerprint density at radius 1 is 1.12 bits per heavy atom. The third-order valence-corrected chi connectivity index (χ3v) is 3.93. The first kappa shape index (κ1) is 16.7. The number of nitrogens with zero attached hydrogens (tertiary/aromatic N) is 2. The Bertz CT molecular complexity index is 803. The number of benzene rings is 2. The Morgan fingerprint density at radius 3 is 2.60 bits per heavy atom. The molecule has 0 aromatic heterocycles. The van der Waals surface area contributed by atoms with Gasteiger partial charge in [-0.3, -0.25) is 9.59 Å². The van der Waals surface area contributed by atoms with Crippen LogP contribution in [0.15, 0.2) is 59.7 Å². The highest BCUT2D eigenvalue weighted by molar-refractivity contribution is 6.40. The van der Waals surface area contributed by atoms with E-state index in [0.717, 1.165) is 11.3 Å². The summed E-state index contributed by atoms with van der Waals surface area (Å²) in [5.41, 5.74) is 1.88. The van der Waals surface area contributed by atoms with Gasteiger partial charge in [-0.1, -0.05) is 36.4 Å². The Kier molecular flexibility index (Phi) is 5.09. The van der Waals surface area contributed by atoms with Crippen molar-refractivity contribution in [2.45, 2.75) is 19.4 Å². The van der Waals surface area contributed by atoms with Gasteiger partial charge in [-0.25, -0.2) is 5.01 Å². The molecule has 2 aromatic rings. The maximum Gasteiger partial charge on any atom is 0.267 e. The molecule has 0 unspecified atom stereocenters. The second-order valence-corrected chi connectivity index (χ2v) is 5.58. The number of hydrogen-bond acceptors (Lipinski definition) is 4. The molecule has 0 radical (unpaired) electrons. The van der Waals surface area contributed by atoms with Crippen LogP contribution in [0.4, 0.5) is 5.69 Å². The second kappa shape index (κ2) is 7.61. The molecule has 0 saturated carbocycles. The van der Waals surface area contributed by atoms with Crippen molar-refractivity contribution in [3.8, 4) is 5.75 Å². The third kappa shape index (κ3) is 3.85. The number of anilines is 1. The monoisotopic (exact) mass is 337 g/mol. The SMILES string of the molecule is COc1ccccc1CNC(=O)C1=NN(c2ccccc2)C(=O)CC1. The molecule has 6 heteroatoms. The molecule has 0 saturated heterocycles. The fraction of sp³-hybridized carbons (Fsp3) is 0.211. The van der Waals surface area contributed by atoms with E-state index in [4.69, 9.17) is 4.74 Å². The van der Waals surface area contributed by atoms with Crippen LogP contribution in [0.3, 0.4) is 0 Å². The summed E-state index contributed by atoms with van der Waals surface area (Å²) in [6.45, 7) is 0.334. The number of ether oxygens (including phenoxy) is 1. The van der Waals surface area contributed by atoms with Crippen LogP contribution in [-0.2, 0) is 16.1 Å². The van der Waals surface area contributed by atoms with E-state index >= 15 is 0 Å². The zero-order valence-electron chi connectivity index (χ0n) is 13.9. The van der Waals surface area contributed by atoms with Crippen LogP contribution < -0.4 is 15.1 Å².